The molecule has 0 radical (unpaired) electrons. The zero-order valence-corrected chi connectivity index (χ0v) is 20.3. The second kappa shape index (κ2) is 11.1. The Kier molecular flexibility index (Phi) is 7.68. The van der Waals surface area contributed by atoms with Crippen LogP contribution in [0.1, 0.15) is 5.56 Å². The lowest BCUT2D eigenvalue weighted by Gasteiger charge is -2.08. The molecule has 0 aliphatic heterocycles. The summed E-state index contributed by atoms with van der Waals surface area (Å²) in [6, 6.07) is 22.1. The van der Waals surface area contributed by atoms with Gasteiger partial charge < -0.3 is 14.5 Å². The Morgan fingerprint density at radius 2 is 1.69 bits per heavy atom. The number of sulfonamides is 1. The summed E-state index contributed by atoms with van der Waals surface area (Å²) < 4.78 is 38.2. The third-order valence-electron chi connectivity index (χ3n) is 4.82. The molecule has 0 spiro atoms. The summed E-state index contributed by atoms with van der Waals surface area (Å²) in [6.07, 6.45) is 0. The fourth-order valence-electron chi connectivity index (χ4n) is 3.00. The Labute approximate surface area is 207 Å². The number of nitrogens with zero attached hydrogens (tertiary/aromatic N) is 2. The lowest BCUT2D eigenvalue weighted by molar-refractivity contribution is -0.118. The Balaban J connectivity index is 1.29. The van der Waals surface area contributed by atoms with Crippen molar-refractivity contribution in [1.82, 2.24) is 15.5 Å². The maximum atomic E-state index is 12.4. The molecule has 3 aromatic carbocycles. The van der Waals surface area contributed by atoms with E-state index in [2.05, 4.69) is 20.2 Å². The number of carbonyl (C=O) groups excluding carboxylic acids is 1. The van der Waals surface area contributed by atoms with E-state index < -0.39 is 10.0 Å². The van der Waals surface area contributed by atoms with E-state index in [-0.39, 0.29) is 27.7 Å². The minimum atomic E-state index is -3.68. The summed E-state index contributed by atoms with van der Waals surface area (Å²) in [5, 5.41) is 11.1. The number of nitrogens with one attached hydrogen (secondary N) is 2. The van der Waals surface area contributed by atoms with Crippen LogP contribution < -0.4 is 14.8 Å². The molecule has 1 heterocycles. The van der Waals surface area contributed by atoms with Gasteiger partial charge in [-0.15, -0.1) is 10.2 Å². The van der Waals surface area contributed by atoms with Crippen molar-refractivity contribution in [1.29, 1.82) is 0 Å². The van der Waals surface area contributed by atoms with E-state index in [0.717, 1.165) is 23.1 Å². The van der Waals surface area contributed by atoms with Crippen LogP contribution in [0.25, 0.3) is 11.5 Å². The van der Waals surface area contributed by atoms with Crippen molar-refractivity contribution in [2.75, 3.05) is 17.6 Å². The monoisotopic (exact) mass is 510 g/mol. The third kappa shape index (κ3) is 6.61. The molecule has 0 unspecified atom stereocenters. The fourth-order valence-corrected chi connectivity index (χ4v) is 4.67. The average Bonchev–Trinajstić information content (AvgIpc) is 3.36. The van der Waals surface area contributed by atoms with E-state index in [4.69, 9.17) is 9.15 Å². The van der Waals surface area contributed by atoms with E-state index in [1.54, 1.807) is 49.6 Å². The Bertz CT molecular complexity index is 1370. The molecular weight excluding hydrogens is 488 g/mol. The van der Waals surface area contributed by atoms with Crippen molar-refractivity contribution in [3.63, 3.8) is 0 Å². The fraction of sp³-hybridized carbons (Fsp3) is 0.125. The number of hydrogen-bond donors (Lipinski definition) is 2. The molecule has 0 aliphatic carbocycles. The molecule has 0 fully saturated rings. The van der Waals surface area contributed by atoms with Crippen molar-refractivity contribution >= 4 is 33.4 Å². The average molecular weight is 511 g/mol. The highest BCUT2D eigenvalue weighted by molar-refractivity contribution is 7.99. The molecule has 180 valence electrons. The summed E-state index contributed by atoms with van der Waals surface area (Å²) in [5.74, 6) is 0.980. The lowest BCUT2D eigenvalue weighted by atomic mass is 10.2. The van der Waals surface area contributed by atoms with Gasteiger partial charge in [-0.1, -0.05) is 42.1 Å². The first-order valence-corrected chi connectivity index (χ1v) is 12.9. The number of hydrogen-bond acceptors (Lipinski definition) is 8. The standard InChI is InChI=1S/C24H22N4O5S2/c1-32-20-13-7-17(8-14-20)15-25-22(29)16-34-24-27-26-23(33-24)18-9-11-19(12-10-18)28-35(30,31)21-5-3-2-4-6-21/h2-14,28H,15-16H2,1H3,(H,25,29). The van der Waals surface area contributed by atoms with Crippen molar-refractivity contribution in [3.05, 3.63) is 84.4 Å². The SMILES string of the molecule is COc1ccc(CNC(=O)CSc2nnc(-c3ccc(NS(=O)(=O)c4ccccc4)cc3)o2)cc1. The van der Waals surface area contributed by atoms with Crippen molar-refractivity contribution in [2.24, 2.45) is 0 Å². The predicted molar refractivity (Wildman–Crippen MR) is 133 cm³/mol. The summed E-state index contributed by atoms with van der Waals surface area (Å²) in [6.45, 7) is 0.402. The first kappa shape index (κ1) is 24.3. The Hall–Kier alpha value is -3.83. The number of methoxy groups -OCH3 is 1. The van der Waals surface area contributed by atoms with Crippen LogP contribution in [-0.4, -0.2) is 37.4 Å². The number of ether oxygens (including phenoxy) is 1. The molecule has 0 aliphatic rings. The van der Waals surface area contributed by atoms with Gasteiger partial charge in [-0.25, -0.2) is 8.42 Å². The normalized spacial score (nSPS) is 11.1. The molecule has 0 saturated carbocycles. The van der Waals surface area contributed by atoms with Crippen molar-refractivity contribution < 1.29 is 22.4 Å². The van der Waals surface area contributed by atoms with Gasteiger partial charge in [-0.05, 0) is 54.1 Å². The minimum Gasteiger partial charge on any atom is -0.497 e. The van der Waals surface area contributed by atoms with Gasteiger partial charge in [0.05, 0.1) is 17.8 Å². The summed E-state index contributed by atoms with van der Waals surface area (Å²) >= 11 is 1.13. The molecule has 1 aromatic heterocycles. The maximum absolute atomic E-state index is 12.4. The van der Waals surface area contributed by atoms with Gasteiger partial charge in [0.25, 0.3) is 15.2 Å². The molecule has 2 N–H and O–H groups in total. The molecule has 1 amide bonds. The van der Waals surface area contributed by atoms with Gasteiger partial charge in [-0.3, -0.25) is 9.52 Å². The topological polar surface area (TPSA) is 123 Å². The van der Waals surface area contributed by atoms with E-state index >= 15 is 0 Å². The van der Waals surface area contributed by atoms with Gasteiger partial charge in [0.15, 0.2) is 0 Å². The van der Waals surface area contributed by atoms with Crippen molar-refractivity contribution in [2.45, 2.75) is 16.7 Å². The van der Waals surface area contributed by atoms with Crippen LogP contribution in [0, 0.1) is 0 Å². The van der Waals surface area contributed by atoms with Crippen LogP contribution >= 0.6 is 11.8 Å². The summed E-state index contributed by atoms with van der Waals surface area (Å²) in [5.41, 5.74) is 1.98. The van der Waals surface area contributed by atoms with Gasteiger partial charge >= 0.3 is 0 Å². The van der Waals surface area contributed by atoms with Gasteiger partial charge in [0, 0.05) is 17.8 Å². The van der Waals surface area contributed by atoms with E-state index in [1.165, 1.54) is 12.1 Å². The van der Waals surface area contributed by atoms with Crippen LogP contribution in [0.2, 0.25) is 0 Å². The number of thioether (sulfide) groups is 1. The highest BCUT2D eigenvalue weighted by atomic mass is 32.2. The summed E-state index contributed by atoms with van der Waals surface area (Å²) in [7, 11) is -2.08. The second-order valence-corrected chi connectivity index (χ2v) is 9.89. The van der Waals surface area contributed by atoms with Gasteiger partial charge in [0.2, 0.25) is 11.8 Å². The molecule has 9 nitrogen and oxygen atoms in total. The molecular formula is C24H22N4O5S2. The third-order valence-corrected chi connectivity index (χ3v) is 7.04. The Morgan fingerprint density at radius 1 is 0.971 bits per heavy atom. The van der Waals surface area contributed by atoms with Crippen LogP contribution in [-0.2, 0) is 21.4 Å². The number of amides is 1. The van der Waals surface area contributed by atoms with Gasteiger partial charge in [-0.2, -0.15) is 0 Å². The molecule has 4 aromatic rings. The number of aromatic nitrogens is 2. The Morgan fingerprint density at radius 3 is 2.37 bits per heavy atom. The zero-order valence-electron chi connectivity index (χ0n) is 18.7. The van der Waals surface area contributed by atoms with Crippen LogP contribution in [0.15, 0.2) is 93.4 Å². The zero-order chi connectivity index (χ0) is 24.7. The molecule has 4 rings (SSSR count). The van der Waals surface area contributed by atoms with E-state index in [0.29, 0.717) is 17.8 Å². The van der Waals surface area contributed by atoms with Crippen molar-refractivity contribution in [3.8, 4) is 17.2 Å². The number of carbonyl (C=O) groups is 1. The second-order valence-electron chi connectivity index (χ2n) is 7.28. The lowest BCUT2D eigenvalue weighted by Crippen LogP contribution is -2.24. The smallest absolute Gasteiger partial charge is 0.277 e. The first-order chi connectivity index (χ1) is 16.9. The highest BCUT2D eigenvalue weighted by Gasteiger charge is 2.15. The van der Waals surface area contributed by atoms with Crippen LogP contribution in [0.3, 0.4) is 0 Å². The number of rotatable bonds is 10. The van der Waals surface area contributed by atoms with E-state index in [1.807, 2.05) is 24.3 Å². The van der Waals surface area contributed by atoms with Crippen LogP contribution in [0.4, 0.5) is 5.69 Å². The maximum Gasteiger partial charge on any atom is 0.277 e. The predicted octanol–water partition coefficient (Wildman–Crippen LogP) is 3.95. The first-order valence-electron chi connectivity index (χ1n) is 10.5. The molecule has 35 heavy (non-hydrogen) atoms. The molecule has 0 bridgehead atoms. The van der Waals surface area contributed by atoms with E-state index in [9.17, 15) is 13.2 Å². The molecule has 0 atom stereocenters. The van der Waals surface area contributed by atoms with Crippen LogP contribution in [0.5, 0.6) is 5.75 Å². The minimum absolute atomic E-state index is 0.123. The number of anilines is 1. The quantitative estimate of drug-likeness (QED) is 0.307. The molecule has 11 heteroatoms. The molecule has 0 saturated heterocycles. The summed E-state index contributed by atoms with van der Waals surface area (Å²) in [4.78, 5) is 12.3. The largest absolute Gasteiger partial charge is 0.497 e. The number of benzene rings is 3. The van der Waals surface area contributed by atoms with Gasteiger partial charge in [0.1, 0.15) is 5.75 Å². The highest BCUT2D eigenvalue weighted by Crippen LogP contribution is 2.25.